The van der Waals surface area contributed by atoms with Gasteiger partial charge in [0.2, 0.25) is 0 Å². The van der Waals surface area contributed by atoms with Gasteiger partial charge in [0, 0.05) is 25.7 Å². The van der Waals surface area contributed by atoms with Gasteiger partial charge in [-0.2, -0.15) is 0 Å². The molecule has 1 unspecified atom stereocenters. The highest BCUT2D eigenvalue weighted by atomic mass is 16.6. The number of hydrogen-bond donors (Lipinski definition) is 0. The molecule has 5 aliphatic rings. The Morgan fingerprint density at radius 2 is 1.94 bits per heavy atom. The van der Waals surface area contributed by atoms with E-state index in [-0.39, 0.29) is 6.09 Å². The molecule has 1 aliphatic heterocycles. The number of carbonyl (C=O) groups excluding carboxylic acids is 1. The predicted molar refractivity (Wildman–Crippen MR) is 129 cm³/mol. The molecule has 180 valence electrons. The van der Waals surface area contributed by atoms with Crippen molar-refractivity contribution in [3.8, 4) is 0 Å². The monoisotopic (exact) mass is 442 g/mol. The first-order valence-corrected chi connectivity index (χ1v) is 13.5. The van der Waals surface area contributed by atoms with E-state index in [1.165, 1.54) is 45.1 Å². The Kier molecular flexibility index (Phi) is 5.71. The zero-order chi connectivity index (χ0) is 22.8. The van der Waals surface area contributed by atoms with Crippen LogP contribution in [0.5, 0.6) is 0 Å². The van der Waals surface area contributed by atoms with E-state index in [2.05, 4.69) is 45.7 Å². The molecule has 0 radical (unpaired) electrons. The molecule has 0 aromatic rings. The van der Waals surface area contributed by atoms with Gasteiger partial charge in [0.1, 0.15) is 0 Å². The molecular formula is C28H46N2O2. The fourth-order valence-corrected chi connectivity index (χ4v) is 9.26. The molecule has 3 saturated carbocycles. The van der Waals surface area contributed by atoms with Crippen molar-refractivity contribution in [1.82, 2.24) is 9.80 Å². The second-order valence-electron chi connectivity index (χ2n) is 12.8. The summed E-state index contributed by atoms with van der Waals surface area (Å²) in [4.78, 5) is 17.1. The van der Waals surface area contributed by atoms with Crippen LogP contribution >= 0.6 is 0 Å². The van der Waals surface area contributed by atoms with E-state index < -0.39 is 0 Å². The highest BCUT2D eigenvalue weighted by Gasteiger charge is 2.64. The second-order valence-corrected chi connectivity index (χ2v) is 12.8. The number of carbonyl (C=O) groups is 1. The van der Waals surface area contributed by atoms with Crippen molar-refractivity contribution in [2.24, 2.45) is 40.4 Å². The topological polar surface area (TPSA) is 32.8 Å². The van der Waals surface area contributed by atoms with Crippen LogP contribution < -0.4 is 0 Å². The lowest BCUT2D eigenvalue weighted by Crippen LogP contribution is -2.53. The van der Waals surface area contributed by atoms with Crippen molar-refractivity contribution in [1.29, 1.82) is 0 Å². The number of amides is 1. The molecular weight excluding hydrogens is 396 g/mol. The van der Waals surface area contributed by atoms with Crippen LogP contribution in [0.15, 0.2) is 11.6 Å². The summed E-state index contributed by atoms with van der Waals surface area (Å²) >= 11 is 0. The predicted octanol–water partition coefficient (Wildman–Crippen LogP) is 5.97. The number of rotatable bonds is 3. The van der Waals surface area contributed by atoms with Crippen molar-refractivity contribution in [2.75, 3.05) is 27.2 Å². The summed E-state index contributed by atoms with van der Waals surface area (Å²) in [6, 6.07) is 1.06. The minimum Gasteiger partial charge on any atom is -0.449 e. The van der Waals surface area contributed by atoms with Gasteiger partial charge in [-0.25, -0.2) is 4.79 Å². The third-order valence-electron chi connectivity index (χ3n) is 11.1. The second kappa shape index (κ2) is 8.03. The lowest BCUT2D eigenvalue weighted by Gasteiger charge is -2.58. The maximum atomic E-state index is 12.6. The third-order valence-corrected chi connectivity index (χ3v) is 11.1. The number of ether oxygens (including phenoxy) is 1. The first-order chi connectivity index (χ1) is 15.2. The van der Waals surface area contributed by atoms with Crippen molar-refractivity contribution < 1.29 is 9.53 Å². The van der Waals surface area contributed by atoms with E-state index in [0.717, 1.165) is 42.6 Å². The summed E-state index contributed by atoms with van der Waals surface area (Å²) in [5.41, 5.74) is 2.60. The van der Waals surface area contributed by atoms with Crippen LogP contribution in [0.2, 0.25) is 0 Å². The molecule has 5 rings (SSSR count). The van der Waals surface area contributed by atoms with Crippen LogP contribution in [0.4, 0.5) is 4.79 Å². The minimum atomic E-state index is -0.141. The standard InChI is InChI=1S/C28H46N2O2/c1-18(2)16-32-26(31)30(6)21-11-13-27(4)20(15-21)7-8-22-24(27)12-14-28-17-29(5)19(3)23(28)9-10-25(22)28/h7,18-19,21-25H,8-17H2,1-6H3/t19-,21-,22+,23+,24-,25-,27-,28?/m0/s1. The minimum absolute atomic E-state index is 0.141. The van der Waals surface area contributed by atoms with Crippen molar-refractivity contribution in [2.45, 2.75) is 91.1 Å². The van der Waals surface area contributed by atoms with Crippen molar-refractivity contribution in [3.63, 3.8) is 0 Å². The number of nitrogens with zero attached hydrogens (tertiary/aromatic N) is 2. The van der Waals surface area contributed by atoms with E-state index >= 15 is 0 Å². The first-order valence-electron chi connectivity index (χ1n) is 13.5. The molecule has 0 aromatic heterocycles. The summed E-state index contributed by atoms with van der Waals surface area (Å²) in [5, 5.41) is 0. The third kappa shape index (κ3) is 3.29. The van der Waals surface area contributed by atoms with E-state index in [0.29, 0.717) is 29.4 Å². The molecule has 0 aromatic carbocycles. The maximum Gasteiger partial charge on any atom is 0.409 e. The fourth-order valence-electron chi connectivity index (χ4n) is 9.26. The Hall–Kier alpha value is -1.03. The molecule has 32 heavy (non-hydrogen) atoms. The molecule has 1 heterocycles. The zero-order valence-corrected chi connectivity index (χ0v) is 21.4. The smallest absolute Gasteiger partial charge is 0.409 e. The summed E-state index contributed by atoms with van der Waals surface area (Å²) in [6.45, 7) is 11.1. The molecule has 4 fully saturated rings. The Labute approximate surface area is 196 Å². The summed E-state index contributed by atoms with van der Waals surface area (Å²) in [5.74, 6) is 3.97. The van der Waals surface area contributed by atoms with Gasteiger partial charge < -0.3 is 14.5 Å². The number of allylic oxidation sites excluding steroid dienone is 1. The van der Waals surface area contributed by atoms with Gasteiger partial charge in [0.05, 0.1) is 6.61 Å². The van der Waals surface area contributed by atoms with Crippen LogP contribution in [-0.4, -0.2) is 55.2 Å². The molecule has 0 N–H and O–H groups in total. The maximum absolute atomic E-state index is 12.6. The quantitative estimate of drug-likeness (QED) is 0.505. The molecule has 1 spiro atoms. The van der Waals surface area contributed by atoms with Crippen LogP contribution in [0, 0.1) is 40.4 Å². The van der Waals surface area contributed by atoms with E-state index in [9.17, 15) is 4.79 Å². The lowest BCUT2D eigenvalue weighted by molar-refractivity contribution is -0.0435. The molecule has 1 saturated heterocycles. The van der Waals surface area contributed by atoms with Gasteiger partial charge in [-0.05, 0) is 106 Å². The van der Waals surface area contributed by atoms with Crippen LogP contribution in [0.1, 0.15) is 79.1 Å². The molecule has 8 atom stereocenters. The highest BCUT2D eigenvalue weighted by Crippen LogP contribution is 2.68. The van der Waals surface area contributed by atoms with Gasteiger partial charge in [-0.15, -0.1) is 0 Å². The van der Waals surface area contributed by atoms with Crippen molar-refractivity contribution >= 4 is 6.09 Å². The molecule has 0 bridgehead atoms. The van der Waals surface area contributed by atoms with Crippen molar-refractivity contribution in [3.05, 3.63) is 11.6 Å². The first kappa shape index (κ1) is 22.7. The Morgan fingerprint density at radius 1 is 1.19 bits per heavy atom. The van der Waals surface area contributed by atoms with Gasteiger partial charge in [-0.3, -0.25) is 0 Å². The van der Waals surface area contributed by atoms with Gasteiger partial charge in [0.15, 0.2) is 0 Å². The fraction of sp³-hybridized carbons (Fsp3) is 0.893. The van der Waals surface area contributed by atoms with E-state index in [4.69, 9.17) is 4.74 Å². The summed E-state index contributed by atoms with van der Waals surface area (Å²) in [7, 11) is 4.31. The molecule has 4 aliphatic carbocycles. The highest BCUT2D eigenvalue weighted by molar-refractivity contribution is 5.67. The average Bonchev–Trinajstić information content (AvgIpc) is 3.24. The molecule has 4 heteroatoms. The largest absolute Gasteiger partial charge is 0.449 e. The number of hydrogen-bond acceptors (Lipinski definition) is 3. The van der Waals surface area contributed by atoms with E-state index in [1.54, 1.807) is 5.57 Å². The molecule has 4 nitrogen and oxygen atoms in total. The van der Waals surface area contributed by atoms with E-state index in [1.807, 2.05) is 11.9 Å². The Bertz CT molecular complexity index is 777. The number of likely N-dealkylation sites (tertiary alicyclic amines) is 1. The zero-order valence-electron chi connectivity index (χ0n) is 21.4. The summed E-state index contributed by atoms with van der Waals surface area (Å²) in [6.07, 6.45) is 13.0. The van der Waals surface area contributed by atoms with Crippen LogP contribution in [0.25, 0.3) is 0 Å². The SMILES string of the molecule is CC(C)COC(=O)N(C)[C@H]1CC[C@@]2(C)C(=CC[C@H]3[C@@H]4CC[C@@H]5[C@H](C)N(C)CC54CC[C@@H]32)C1. The van der Waals surface area contributed by atoms with Gasteiger partial charge >= 0.3 is 6.09 Å². The Balaban J connectivity index is 1.32. The normalized spacial score (nSPS) is 45.5. The van der Waals surface area contributed by atoms with Gasteiger partial charge in [-0.1, -0.05) is 32.4 Å². The van der Waals surface area contributed by atoms with Gasteiger partial charge in [0.25, 0.3) is 0 Å². The lowest BCUT2D eigenvalue weighted by atomic mass is 9.47. The van der Waals surface area contributed by atoms with Crippen LogP contribution in [0.3, 0.4) is 0 Å². The Morgan fingerprint density at radius 3 is 2.69 bits per heavy atom. The molecule has 1 amide bonds. The number of fused-ring (bicyclic) bond motifs is 4. The van der Waals surface area contributed by atoms with Crippen LogP contribution in [-0.2, 0) is 4.74 Å². The average molecular weight is 443 g/mol. The summed E-state index contributed by atoms with van der Waals surface area (Å²) < 4.78 is 5.53.